The molecule has 0 spiro atoms. The minimum Gasteiger partial charge on any atom is -0.368 e. The van der Waals surface area contributed by atoms with Gasteiger partial charge in [-0.1, -0.05) is 31.8 Å². The Bertz CT molecular complexity index is 452. The third kappa shape index (κ3) is 3.49. The van der Waals surface area contributed by atoms with Crippen LogP contribution in [0, 0.1) is 11.8 Å². The molecule has 18 heavy (non-hydrogen) atoms. The molecule has 2 amide bonds. The van der Waals surface area contributed by atoms with Crippen molar-refractivity contribution in [3.05, 3.63) is 23.9 Å². The molecule has 0 saturated heterocycles. The summed E-state index contributed by atoms with van der Waals surface area (Å²) in [5.74, 6) is 5.30. The summed E-state index contributed by atoms with van der Waals surface area (Å²) >= 11 is 0. The highest BCUT2D eigenvalue weighted by atomic mass is 16.2. The molecular formula is C14H18N2O2. The summed E-state index contributed by atoms with van der Waals surface area (Å²) in [7, 11) is 0. The van der Waals surface area contributed by atoms with E-state index in [0.29, 0.717) is 6.42 Å². The summed E-state index contributed by atoms with van der Waals surface area (Å²) in [5, 5.41) is 0. The molecule has 0 fully saturated rings. The molecule has 1 heterocycles. The molecule has 0 aromatic carbocycles. The van der Waals surface area contributed by atoms with Crippen molar-refractivity contribution in [2.45, 2.75) is 39.2 Å². The molecule has 1 unspecified atom stereocenters. The van der Waals surface area contributed by atoms with Gasteiger partial charge in [0.05, 0.1) is 0 Å². The van der Waals surface area contributed by atoms with Crippen LogP contribution in [0.5, 0.6) is 0 Å². The third-order valence-corrected chi connectivity index (χ3v) is 2.66. The second-order valence-corrected chi connectivity index (χ2v) is 3.96. The number of primary amides is 1. The maximum atomic E-state index is 11.9. The van der Waals surface area contributed by atoms with Gasteiger partial charge in [0.1, 0.15) is 6.04 Å². The maximum absolute atomic E-state index is 11.9. The lowest BCUT2D eigenvalue weighted by molar-refractivity contribution is -0.135. The van der Waals surface area contributed by atoms with Gasteiger partial charge in [-0.05, 0) is 12.5 Å². The lowest BCUT2D eigenvalue weighted by atomic mass is 10.2. The highest BCUT2D eigenvalue weighted by Gasteiger charge is 2.25. The van der Waals surface area contributed by atoms with Gasteiger partial charge in [0.2, 0.25) is 11.8 Å². The van der Waals surface area contributed by atoms with E-state index in [-0.39, 0.29) is 12.3 Å². The van der Waals surface area contributed by atoms with E-state index in [9.17, 15) is 9.59 Å². The summed E-state index contributed by atoms with van der Waals surface area (Å²) in [6.07, 6.45) is 6.63. The van der Waals surface area contributed by atoms with Gasteiger partial charge in [0.25, 0.3) is 0 Å². The van der Waals surface area contributed by atoms with E-state index < -0.39 is 11.9 Å². The number of nitrogens with zero attached hydrogens (tertiary/aromatic N) is 1. The number of rotatable bonds is 3. The van der Waals surface area contributed by atoms with Crippen LogP contribution in [-0.2, 0) is 9.59 Å². The molecule has 0 radical (unpaired) electrons. The minimum atomic E-state index is -0.583. The Balaban J connectivity index is 2.92. The van der Waals surface area contributed by atoms with Crippen LogP contribution in [0.2, 0.25) is 0 Å². The Kier molecular flexibility index (Phi) is 5.19. The Labute approximate surface area is 108 Å². The number of nitrogens with two attached hydrogens (primary N) is 1. The lowest BCUT2D eigenvalue weighted by Gasteiger charge is -2.24. The highest BCUT2D eigenvalue weighted by molar-refractivity contribution is 5.88. The Morgan fingerprint density at radius 3 is 2.83 bits per heavy atom. The molecule has 0 aliphatic carbocycles. The fourth-order valence-corrected chi connectivity index (χ4v) is 1.71. The molecule has 1 aliphatic heterocycles. The first-order chi connectivity index (χ1) is 8.60. The van der Waals surface area contributed by atoms with Gasteiger partial charge in [-0.3, -0.25) is 9.59 Å². The molecule has 96 valence electrons. The van der Waals surface area contributed by atoms with Crippen LogP contribution in [0.15, 0.2) is 23.9 Å². The number of carbonyl (C=O) groups is 2. The third-order valence-electron chi connectivity index (χ3n) is 2.66. The predicted molar refractivity (Wildman–Crippen MR) is 70.0 cm³/mol. The van der Waals surface area contributed by atoms with Crippen LogP contribution in [0.4, 0.5) is 0 Å². The van der Waals surface area contributed by atoms with E-state index in [1.807, 2.05) is 13.8 Å². The molecule has 1 atom stereocenters. The zero-order valence-electron chi connectivity index (χ0n) is 10.8. The van der Waals surface area contributed by atoms with Crippen LogP contribution < -0.4 is 5.73 Å². The molecule has 1 aliphatic rings. The van der Waals surface area contributed by atoms with Crippen LogP contribution >= 0.6 is 0 Å². The number of carbonyl (C=O) groups excluding carboxylic acids is 2. The van der Waals surface area contributed by atoms with Crippen LogP contribution in [-0.4, -0.2) is 22.8 Å². The lowest BCUT2D eigenvalue weighted by Crippen LogP contribution is -2.44. The van der Waals surface area contributed by atoms with Crippen molar-refractivity contribution in [1.29, 1.82) is 0 Å². The number of amides is 2. The molecular weight excluding hydrogens is 228 g/mol. The van der Waals surface area contributed by atoms with E-state index in [4.69, 9.17) is 5.73 Å². The van der Waals surface area contributed by atoms with Crippen LogP contribution in [0.3, 0.4) is 0 Å². The van der Waals surface area contributed by atoms with E-state index in [1.165, 1.54) is 4.90 Å². The molecule has 0 aromatic heterocycles. The van der Waals surface area contributed by atoms with Gasteiger partial charge < -0.3 is 10.6 Å². The average Bonchev–Trinajstić information content (AvgIpc) is 2.51. The molecule has 0 aromatic rings. The van der Waals surface area contributed by atoms with E-state index in [0.717, 1.165) is 12.0 Å². The summed E-state index contributed by atoms with van der Waals surface area (Å²) in [6, 6.07) is -0.583. The predicted octanol–water partition coefficient (Wildman–Crippen LogP) is 1.34. The fraction of sp³-hybridized carbons (Fsp3) is 0.429. The van der Waals surface area contributed by atoms with Gasteiger partial charge in [-0.2, -0.15) is 0 Å². The second-order valence-electron chi connectivity index (χ2n) is 3.96. The van der Waals surface area contributed by atoms with Gasteiger partial charge in [0.15, 0.2) is 0 Å². The number of hydrogen-bond donors (Lipinski definition) is 1. The molecule has 2 N–H and O–H groups in total. The first-order valence-electron chi connectivity index (χ1n) is 6.07. The normalized spacial score (nSPS) is 16.4. The van der Waals surface area contributed by atoms with E-state index in [2.05, 4.69) is 11.8 Å². The SMILES string of the molecule is CCC#CC1=CCC(=O)N(C(CC)C(N)=O)C=C1. The number of hydrogen-bond acceptors (Lipinski definition) is 2. The first-order valence-corrected chi connectivity index (χ1v) is 6.07. The highest BCUT2D eigenvalue weighted by Crippen LogP contribution is 2.13. The second kappa shape index (κ2) is 6.65. The van der Waals surface area contributed by atoms with Crippen molar-refractivity contribution < 1.29 is 9.59 Å². The van der Waals surface area contributed by atoms with Crippen LogP contribution in [0.1, 0.15) is 33.1 Å². The van der Waals surface area contributed by atoms with Gasteiger partial charge >= 0.3 is 0 Å². The number of allylic oxidation sites excluding steroid dienone is 2. The molecule has 1 rings (SSSR count). The van der Waals surface area contributed by atoms with E-state index in [1.54, 1.807) is 18.4 Å². The van der Waals surface area contributed by atoms with Crippen LogP contribution in [0.25, 0.3) is 0 Å². The molecule has 4 heteroatoms. The van der Waals surface area contributed by atoms with Crippen molar-refractivity contribution in [3.63, 3.8) is 0 Å². The zero-order chi connectivity index (χ0) is 13.5. The molecule has 0 saturated carbocycles. The summed E-state index contributed by atoms with van der Waals surface area (Å²) in [4.78, 5) is 24.6. The van der Waals surface area contributed by atoms with Gasteiger partial charge in [-0.25, -0.2) is 0 Å². The smallest absolute Gasteiger partial charge is 0.240 e. The Morgan fingerprint density at radius 1 is 1.56 bits per heavy atom. The molecule has 0 bridgehead atoms. The standard InChI is InChI=1S/C14H18N2O2/c1-3-5-6-11-7-8-13(17)16(10-9-11)12(4-2)14(15)18/h7,9-10,12H,3-4,8H2,1-2H3,(H2,15,18). The van der Waals surface area contributed by atoms with Crippen molar-refractivity contribution in [2.24, 2.45) is 5.73 Å². The monoisotopic (exact) mass is 246 g/mol. The van der Waals surface area contributed by atoms with E-state index >= 15 is 0 Å². The van der Waals surface area contributed by atoms with Crippen molar-refractivity contribution in [2.75, 3.05) is 0 Å². The van der Waals surface area contributed by atoms with Crippen molar-refractivity contribution in [3.8, 4) is 11.8 Å². The van der Waals surface area contributed by atoms with Crippen molar-refractivity contribution in [1.82, 2.24) is 4.90 Å². The zero-order valence-corrected chi connectivity index (χ0v) is 10.8. The first kappa shape index (κ1) is 14.0. The quantitative estimate of drug-likeness (QED) is 0.764. The largest absolute Gasteiger partial charge is 0.368 e. The maximum Gasteiger partial charge on any atom is 0.240 e. The topological polar surface area (TPSA) is 63.4 Å². The minimum absolute atomic E-state index is 0.134. The fourth-order valence-electron chi connectivity index (χ4n) is 1.71. The summed E-state index contributed by atoms with van der Waals surface area (Å²) in [6.45, 7) is 3.79. The van der Waals surface area contributed by atoms with Gasteiger partial charge in [0, 0.05) is 24.6 Å². The average molecular weight is 246 g/mol. The summed E-state index contributed by atoms with van der Waals surface area (Å²) < 4.78 is 0. The van der Waals surface area contributed by atoms with Gasteiger partial charge in [-0.15, -0.1) is 0 Å². The Hall–Kier alpha value is -2.02. The Morgan fingerprint density at radius 2 is 2.28 bits per heavy atom. The van der Waals surface area contributed by atoms with Crippen molar-refractivity contribution >= 4 is 11.8 Å². The summed E-state index contributed by atoms with van der Waals surface area (Å²) in [5.41, 5.74) is 6.09. The molecule has 4 nitrogen and oxygen atoms in total.